The lowest BCUT2D eigenvalue weighted by Gasteiger charge is -2.35. The standard InChI is InChI=1S/C32H59NO6/c1-2-3-4-5-6-7-8-9-10-11-12-13-14-15-16-17-18-19-26-33(27-20-23-30(34)35,28-21-24-31(36)37)29-22-25-32(38)39/h19,26H,2-18,20-25,27-29H2,1H3,(H2-,34,35,36,37,38,39)/b26-19+. The van der Waals surface area contributed by atoms with E-state index in [-0.39, 0.29) is 19.3 Å². The number of aliphatic carboxylic acids is 3. The molecule has 0 fully saturated rings. The topological polar surface area (TPSA) is 115 Å². The number of rotatable bonds is 30. The minimum atomic E-state index is -1.10. The Balaban J connectivity index is 4.24. The zero-order valence-electron chi connectivity index (χ0n) is 25.0. The third kappa shape index (κ3) is 26.1. The van der Waals surface area contributed by atoms with Crippen LogP contribution in [0.5, 0.6) is 0 Å². The highest BCUT2D eigenvalue weighted by atomic mass is 16.4. The third-order valence-corrected chi connectivity index (χ3v) is 7.62. The van der Waals surface area contributed by atoms with Crippen LogP contribution in [0, 0.1) is 0 Å². The molecule has 0 aliphatic carbocycles. The lowest BCUT2D eigenvalue weighted by Crippen LogP contribution is -2.46. The molecule has 7 heteroatoms. The Labute approximate surface area is 238 Å². The van der Waals surface area contributed by atoms with E-state index in [1.807, 2.05) is 0 Å². The van der Waals surface area contributed by atoms with Gasteiger partial charge in [0.2, 0.25) is 0 Å². The minimum Gasteiger partial charge on any atom is -0.550 e. The lowest BCUT2D eigenvalue weighted by molar-refractivity contribution is -0.880. The fourth-order valence-corrected chi connectivity index (χ4v) is 5.30. The second-order valence-corrected chi connectivity index (χ2v) is 11.3. The molecular weight excluding hydrogens is 494 g/mol. The monoisotopic (exact) mass is 553 g/mol. The quantitative estimate of drug-likeness (QED) is 0.0716. The number of allylic oxidation sites excluding steroid dienone is 1. The second kappa shape index (κ2) is 26.3. The van der Waals surface area contributed by atoms with Gasteiger partial charge < -0.3 is 20.1 Å². The van der Waals surface area contributed by atoms with Crippen molar-refractivity contribution < 1.29 is 34.2 Å². The molecule has 0 aromatic carbocycles. The summed E-state index contributed by atoms with van der Waals surface area (Å²) in [4.78, 5) is 33.0. The molecule has 0 aromatic heterocycles. The average molecular weight is 554 g/mol. The summed E-state index contributed by atoms with van der Waals surface area (Å²) in [6, 6.07) is 0. The lowest BCUT2D eigenvalue weighted by atomic mass is 10.0. The molecule has 0 atom stereocenters. The molecule has 0 unspecified atom stereocenters. The molecule has 0 amide bonds. The van der Waals surface area contributed by atoms with E-state index >= 15 is 0 Å². The summed E-state index contributed by atoms with van der Waals surface area (Å²) in [5.74, 6) is -2.81. The number of hydrogen-bond donors (Lipinski definition) is 2. The van der Waals surface area contributed by atoms with E-state index in [0.717, 1.165) is 12.8 Å². The van der Waals surface area contributed by atoms with E-state index < -0.39 is 17.9 Å². The number of quaternary nitrogens is 1. The average Bonchev–Trinajstić information content (AvgIpc) is 2.87. The molecule has 0 heterocycles. The summed E-state index contributed by atoms with van der Waals surface area (Å²) in [5.41, 5.74) is 0. The summed E-state index contributed by atoms with van der Waals surface area (Å²) in [6.07, 6.45) is 27.9. The SMILES string of the molecule is CCCCCCCCCCCCCCCCCC/C=C/[N+](CCCC(=O)[O-])(CCCC(=O)O)CCCC(=O)O. The Morgan fingerprint density at radius 3 is 1.28 bits per heavy atom. The van der Waals surface area contributed by atoms with Crippen molar-refractivity contribution in [1.82, 2.24) is 0 Å². The maximum absolute atomic E-state index is 11.0. The van der Waals surface area contributed by atoms with Crippen molar-refractivity contribution in [3.8, 4) is 0 Å². The zero-order chi connectivity index (χ0) is 29.0. The van der Waals surface area contributed by atoms with Crippen LogP contribution in [0.3, 0.4) is 0 Å². The Morgan fingerprint density at radius 1 is 0.564 bits per heavy atom. The van der Waals surface area contributed by atoms with E-state index in [1.165, 1.54) is 96.3 Å². The van der Waals surface area contributed by atoms with Crippen LogP contribution in [0.1, 0.15) is 155 Å². The van der Waals surface area contributed by atoms with Crippen LogP contribution >= 0.6 is 0 Å². The van der Waals surface area contributed by atoms with E-state index in [4.69, 9.17) is 10.2 Å². The van der Waals surface area contributed by atoms with Gasteiger partial charge in [-0.1, -0.05) is 103 Å². The van der Waals surface area contributed by atoms with Crippen LogP contribution in [-0.2, 0) is 14.4 Å². The van der Waals surface area contributed by atoms with Gasteiger partial charge in [0.25, 0.3) is 0 Å². The van der Waals surface area contributed by atoms with Crippen molar-refractivity contribution in [2.45, 2.75) is 155 Å². The van der Waals surface area contributed by atoms with Gasteiger partial charge in [-0.25, -0.2) is 0 Å². The van der Waals surface area contributed by atoms with Crippen LogP contribution < -0.4 is 5.11 Å². The van der Waals surface area contributed by atoms with Gasteiger partial charge in [-0.2, -0.15) is 0 Å². The van der Waals surface area contributed by atoms with Crippen molar-refractivity contribution >= 4 is 17.9 Å². The molecule has 0 aliphatic heterocycles. The molecule has 0 aliphatic rings. The third-order valence-electron chi connectivity index (χ3n) is 7.62. The Bertz CT molecular complexity index is 598. The van der Waals surface area contributed by atoms with Crippen LogP contribution in [0.4, 0.5) is 0 Å². The molecule has 0 saturated carbocycles. The van der Waals surface area contributed by atoms with Crippen molar-refractivity contribution in [3.63, 3.8) is 0 Å². The first-order chi connectivity index (χ1) is 18.8. The molecule has 2 N–H and O–H groups in total. The number of hydrogen-bond acceptors (Lipinski definition) is 4. The molecule has 0 radical (unpaired) electrons. The predicted octanol–water partition coefficient (Wildman–Crippen LogP) is 7.23. The van der Waals surface area contributed by atoms with Gasteiger partial charge in [0.05, 0.1) is 38.7 Å². The maximum Gasteiger partial charge on any atom is 0.303 e. The number of carbonyl (C=O) groups excluding carboxylic acids is 1. The van der Waals surface area contributed by atoms with Crippen molar-refractivity contribution in [3.05, 3.63) is 12.3 Å². The summed E-state index contributed by atoms with van der Waals surface area (Å²) >= 11 is 0. The first kappa shape index (κ1) is 37.1. The van der Waals surface area contributed by atoms with Gasteiger partial charge in [0.1, 0.15) is 0 Å². The number of unbranched alkanes of at least 4 members (excludes halogenated alkanes) is 16. The molecule has 0 spiro atoms. The van der Waals surface area contributed by atoms with Crippen molar-refractivity contribution in [2.24, 2.45) is 0 Å². The highest BCUT2D eigenvalue weighted by Gasteiger charge is 2.24. The predicted molar refractivity (Wildman–Crippen MR) is 156 cm³/mol. The smallest absolute Gasteiger partial charge is 0.303 e. The molecule has 0 saturated heterocycles. The number of carboxylic acid groups (broad SMARTS) is 3. The largest absolute Gasteiger partial charge is 0.550 e. The molecule has 7 nitrogen and oxygen atoms in total. The number of nitrogens with zero attached hydrogens (tertiary/aromatic N) is 1. The minimum absolute atomic E-state index is 0.0480. The van der Waals surface area contributed by atoms with Crippen LogP contribution in [0.2, 0.25) is 0 Å². The summed E-state index contributed by atoms with van der Waals surface area (Å²) in [5, 5.41) is 29.1. The van der Waals surface area contributed by atoms with Gasteiger partial charge in [-0.05, 0) is 25.3 Å². The van der Waals surface area contributed by atoms with Crippen LogP contribution in [0.15, 0.2) is 12.3 Å². The van der Waals surface area contributed by atoms with Gasteiger partial charge >= 0.3 is 11.9 Å². The van der Waals surface area contributed by atoms with Crippen LogP contribution in [-0.4, -0.2) is 52.2 Å². The van der Waals surface area contributed by atoms with E-state index in [9.17, 15) is 19.5 Å². The second-order valence-electron chi connectivity index (χ2n) is 11.3. The summed E-state index contributed by atoms with van der Waals surface area (Å²) < 4.78 is 0.437. The molecule has 39 heavy (non-hydrogen) atoms. The fourth-order valence-electron chi connectivity index (χ4n) is 5.30. The number of carboxylic acids is 3. The highest BCUT2D eigenvalue weighted by Crippen LogP contribution is 2.18. The highest BCUT2D eigenvalue weighted by molar-refractivity contribution is 5.66. The van der Waals surface area contributed by atoms with Crippen molar-refractivity contribution in [1.29, 1.82) is 0 Å². The molecule has 0 rings (SSSR count). The molecule has 0 bridgehead atoms. The normalized spacial score (nSPS) is 11.8. The van der Waals surface area contributed by atoms with E-state index in [2.05, 4.69) is 19.2 Å². The van der Waals surface area contributed by atoms with Gasteiger partial charge in [0, 0.05) is 25.2 Å². The summed E-state index contributed by atoms with van der Waals surface area (Å²) in [6.45, 7) is 3.94. The van der Waals surface area contributed by atoms with Gasteiger partial charge in [0.15, 0.2) is 0 Å². The first-order valence-electron chi connectivity index (χ1n) is 16.0. The fraction of sp³-hybridized carbons (Fsp3) is 0.844. The molecule has 228 valence electrons. The molecule has 0 aromatic rings. The van der Waals surface area contributed by atoms with E-state index in [0.29, 0.717) is 43.4 Å². The molecular formula is C32H59NO6. The van der Waals surface area contributed by atoms with Gasteiger partial charge in [-0.3, -0.25) is 14.1 Å². The van der Waals surface area contributed by atoms with Crippen LogP contribution in [0.25, 0.3) is 0 Å². The maximum atomic E-state index is 11.0. The first-order valence-corrected chi connectivity index (χ1v) is 16.0. The van der Waals surface area contributed by atoms with E-state index in [1.54, 1.807) is 0 Å². The Hall–Kier alpha value is -1.89. The van der Waals surface area contributed by atoms with Gasteiger partial charge in [-0.15, -0.1) is 0 Å². The zero-order valence-corrected chi connectivity index (χ0v) is 25.0. The Kier molecular flexibility index (Phi) is 25.1. The Morgan fingerprint density at radius 2 is 0.923 bits per heavy atom. The van der Waals surface area contributed by atoms with Crippen molar-refractivity contribution in [2.75, 3.05) is 19.6 Å². The summed E-state index contributed by atoms with van der Waals surface area (Å²) in [7, 11) is 0. The number of carbonyl (C=O) groups is 3.